The van der Waals surface area contributed by atoms with E-state index in [1.807, 2.05) is 26.0 Å². The van der Waals surface area contributed by atoms with Crippen LogP contribution >= 0.6 is 0 Å². The van der Waals surface area contributed by atoms with E-state index in [2.05, 4.69) is 17.2 Å². The summed E-state index contributed by atoms with van der Waals surface area (Å²) in [5.41, 5.74) is 2.37. The highest BCUT2D eigenvalue weighted by Crippen LogP contribution is 2.16. The molecule has 2 rings (SSSR count). The van der Waals surface area contributed by atoms with Crippen LogP contribution in [0.1, 0.15) is 41.3 Å². The Bertz CT molecular complexity index is 565. The molecule has 21 heavy (non-hydrogen) atoms. The third-order valence-corrected chi connectivity index (χ3v) is 3.67. The van der Waals surface area contributed by atoms with Gasteiger partial charge in [-0.2, -0.15) is 0 Å². The number of aliphatic hydroxyl groups is 1. The largest absolute Gasteiger partial charge is 0.384 e. The Morgan fingerprint density at radius 3 is 3.00 bits per heavy atom. The standard InChI is InChI=1S/C17H21NO3/c1-12-11-15(8-7-14(12)5-3-9-19)17(20)18-13(2)16-6-4-10-21-16/h7-8,11,13,16,19H,4,6,9-10H2,1-2H3,(H,18,20). The number of benzene rings is 1. The van der Waals surface area contributed by atoms with Crippen LogP contribution in [0, 0.1) is 18.8 Å². The van der Waals surface area contributed by atoms with Gasteiger partial charge in [-0.3, -0.25) is 4.79 Å². The Kier molecular flexibility index (Phi) is 5.38. The fourth-order valence-electron chi connectivity index (χ4n) is 2.46. The molecule has 2 unspecified atom stereocenters. The summed E-state index contributed by atoms with van der Waals surface area (Å²) in [6.07, 6.45) is 2.17. The van der Waals surface area contributed by atoms with Gasteiger partial charge in [0.1, 0.15) is 6.61 Å². The summed E-state index contributed by atoms with van der Waals surface area (Å²) in [6, 6.07) is 5.39. The van der Waals surface area contributed by atoms with E-state index in [-0.39, 0.29) is 24.7 Å². The van der Waals surface area contributed by atoms with Crippen molar-refractivity contribution in [1.82, 2.24) is 5.32 Å². The van der Waals surface area contributed by atoms with Gasteiger partial charge < -0.3 is 15.2 Å². The normalized spacial score (nSPS) is 18.7. The maximum absolute atomic E-state index is 12.2. The molecule has 2 atom stereocenters. The van der Waals surface area contributed by atoms with Gasteiger partial charge >= 0.3 is 0 Å². The van der Waals surface area contributed by atoms with Crippen LogP contribution < -0.4 is 5.32 Å². The molecule has 1 fully saturated rings. The molecule has 0 radical (unpaired) electrons. The van der Waals surface area contributed by atoms with Gasteiger partial charge in [-0.1, -0.05) is 11.8 Å². The number of rotatable bonds is 3. The fraction of sp³-hybridized carbons (Fsp3) is 0.471. The van der Waals surface area contributed by atoms with Gasteiger partial charge in [-0.05, 0) is 50.5 Å². The average molecular weight is 287 g/mol. The molecule has 1 aromatic carbocycles. The van der Waals surface area contributed by atoms with Gasteiger partial charge in [0.2, 0.25) is 0 Å². The van der Waals surface area contributed by atoms with E-state index < -0.39 is 0 Å². The number of hydrogen-bond acceptors (Lipinski definition) is 3. The highest BCUT2D eigenvalue weighted by atomic mass is 16.5. The first-order chi connectivity index (χ1) is 10.1. The van der Waals surface area contributed by atoms with Crippen molar-refractivity contribution in [2.75, 3.05) is 13.2 Å². The topological polar surface area (TPSA) is 58.6 Å². The quantitative estimate of drug-likeness (QED) is 0.831. The summed E-state index contributed by atoms with van der Waals surface area (Å²) in [4.78, 5) is 12.2. The number of aryl methyl sites for hydroxylation is 1. The number of amides is 1. The molecule has 1 amide bonds. The number of aliphatic hydroxyl groups excluding tert-OH is 1. The summed E-state index contributed by atoms with van der Waals surface area (Å²) in [5, 5.41) is 11.7. The van der Waals surface area contributed by atoms with E-state index in [0.717, 1.165) is 30.6 Å². The fourth-order valence-corrected chi connectivity index (χ4v) is 2.46. The number of carbonyl (C=O) groups excluding carboxylic acids is 1. The summed E-state index contributed by atoms with van der Waals surface area (Å²) in [7, 11) is 0. The molecule has 0 aromatic heterocycles. The lowest BCUT2D eigenvalue weighted by Crippen LogP contribution is -2.40. The van der Waals surface area contributed by atoms with Gasteiger partial charge in [0.15, 0.2) is 0 Å². The predicted molar refractivity (Wildman–Crippen MR) is 81.0 cm³/mol. The Morgan fingerprint density at radius 2 is 2.38 bits per heavy atom. The molecule has 4 heteroatoms. The molecule has 0 spiro atoms. The van der Waals surface area contributed by atoms with Gasteiger partial charge in [0, 0.05) is 17.7 Å². The molecule has 0 saturated carbocycles. The number of nitrogens with one attached hydrogen (secondary N) is 1. The molecule has 1 aliphatic heterocycles. The van der Waals surface area contributed by atoms with Crippen LogP contribution in [0.15, 0.2) is 18.2 Å². The highest BCUT2D eigenvalue weighted by molar-refractivity contribution is 5.94. The second kappa shape index (κ2) is 7.26. The van der Waals surface area contributed by atoms with E-state index in [0.29, 0.717) is 5.56 Å². The van der Waals surface area contributed by atoms with Crippen LogP contribution in [0.25, 0.3) is 0 Å². The van der Waals surface area contributed by atoms with Crippen molar-refractivity contribution in [3.8, 4) is 11.8 Å². The minimum atomic E-state index is -0.166. The van der Waals surface area contributed by atoms with Crippen molar-refractivity contribution in [1.29, 1.82) is 0 Å². The zero-order valence-corrected chi connectivity index (χ0v) is 12.5. The highest BCUT2D eigenvalue weighted by Gasteiger charge is 2.24. The predicted octanol–water partition coefficient (Wildman–Crippen LogP) is 1.64. The molecule has 1 saturated heterocycles. The summed E-state index contributed by atoms with van der Waals surface area (Å²) in [5.74, 6) is 5.38. The van der Waals surface area contributed by atoms with Gasteiger partial charge in [0.05, 0.1) is 12.1 Å². The molecule has 2 N–H and O–H groups in total. The number of hydrogen-bond donors (Lipinski definition) is 2. The number of ether oxygens (including phenoxy) is 1. The summed E-state index contributed by atoms with van der Waals surface area (Å²) >= 11 is 0. The molecule has 4 nitrogen and oxygen atoms in total. The van der Waals surface area contributed by atoms with Crippen LogP contribution in [0.4, 0.5) is 0 Å². The SMILES string of the molecule is Cc1cc(C(=O)NC(C)C2CCCO2)ccc1C#CCO. The van der Waals surface area contributed by atoms with Crippen molar-refractivity contribution in [2.45, 2.75) is 38.8 Å². The lowest BCUT2D eigenvalue weighted by Gasteiger charge is -2.20. The smallest absolute Gasteiger partial charge is 0.251 e. The van der Waals surface area contributed by atoms with Gasteiger partial charge in [0.25, 0.3) is 5.91 Å². The van der Waals surface area contributed by atoms with Crippen molar-refractivity contribution >= 4 is 5.91 Å². The van der Waals surface area contributed by atoms with Crippen LogP contribution in [0.3, 0.4) is 0 Å². The van der Waals surface area contributed by atoms with Gasteiger partial charge in [-0.15, -0.1) is 0 Å². The minimum Gasteiger partial charge on any atom is -0.384 e. The first kappa shape index (κ1) is 15.6. The summed E-state index contributed by atoms with van der Waals surface area (Å²) < 4.78 is 5.58. The minimum absolute atomic E-state index is 0.00848. The first-order valence-corrected chi connectivity index (χ1v) is 7.24. The first-order valence-electron chi connectivity index (χ1n) is 7.24. The van der Waals surface area contributed by atoms with Crippen LogP contribution in [-0.2, 0) is 4.74 Å². The van der Waals surface area contributed by atoms with E-state index in [4.69, 9.17) is 9.84 Å². The van der Waals surface area contributed by atoms with E-state index in [1.165, 1.54) is 0 Å². The lowest BCUT2D eigenvalue weighted by molar-refractivity contribution is 0.0712. The average Bonchev–Trinajstić information content (AvgIpc) is 3.00. The van der Waals surface area contributed by atoms with Crippen LogP contribution in [-0.4, -0.2) is 36.4 Å². The maximum atomic E-state index is 12.2. The Morgan fingerprint density at radius 1 is 1.57 bits per heavy atom. The van der Waals surface area contributed by atoms with Crippen LogP contribution in [0.2, 0.25) is 0 Å². The Labute approximate surface area is 125 Å². The zero-order valence-electron chi connectivity index (χ0n) is 12.5. The third kappa shape index (κ3) is 4.07. The van der Waals surface area contributed by atoms with Crippen LogP contribution in [0.5, 0.6) is 0 Å². The number of carbonyl (C=O) groups is 1. The molecule has 0 aliphatic carbocycles. The van der Waals surface area contributed by atoms with E-state index >= 15 is 0 Å². The molecule has 1 heterocycles. The molecule has 1 aromatic rings. The summed E-state index contributed by atoms with van der Waals surface area (Å²) in [6.45, 7) is 4.49. The molecule has 1 aliphatic rings. The monoisotopic (exact) mass is 287 g/mol. The van der Waals surface area contributed by atoms with Gasteiger partial charge in [-0.25, -0.2) is 0 Å². The molecule has 0 bridgehead atoms. The van der Waals surface area contributed by atoms with E-state index in [1.54, 1.807) is 6.07 Å². The second-order valence-corrected chi connectivity index (χ2v) is 5.30. The Balaban J connectivity index is 2.03. The van der Waals surface area contributed by atoms with Crippen molar-refractivity contribution in [3.05, 3.63) is 34.9 Å². The lowest BCUT2D eigenvalue weighted by atomic mass is 10.0. The van der Waals surface area contributed by atoms with E-state index in [9.17, 15) is 4.79 Å². The molecular formula is C17H21NO3. The van der Waals surface area contributed by atoms with Crippen molar-refractivity contribution < 1.29 is 14.6 Å². The van der Waals surface area contributed by atoms with Crippen molar-refractivity contribution in [2.24, 2.45) is 0 Å². The third-order valence-electron chi connectivity index (χ3n) is 3.67. The second-order valence-electron chi connectivity index (χ2n) is 5.30. The Hall–Kier alpha value is -1.83. The molecule has 112 valence electrons. The molecular weight excluding hydrogens is 266 g/mol. The van der Waals surface area contributed by atoms with Crippen molar-refractivity contribution in [3.63, 3.8) is 0 Å². The zero-order chi connectivity index (χ0) is 15.2. The maximum Gasteiger partial charge on any atom is 0.251 e.